The molecule has 0 aromatic carbocycles. The van der Waals surface area contributed by atoms with Gasteiger partial charge in [-0.25, -0.2) is 0 Å². The Bertz CT molecular complexity index is 364. The van der Waals surface area contributed by atoms with Crippen LogP contribution in [-0.2, 0) is 15.2 Å². The summed E-state index contributed by atoms with van der Waals surface area (Å²) >= 11 is 0. The molecular formula is C16H37NO8S. The Labute approximate surface area is 157 Å². The summed E-state index contributed by atoms with van der Waals surface area (Å²) in [7, 11) is -4.67. The minimum atomic E-state index is -4.67. The third kappa shape index (κ3) is 56.7. The summed E-state index contributed by atoms with van der Waals surface area (Å²) in [6, 6.07) is 0. The zero-order valence-corrected chi connectivity index (χ0v) is 16.6. The fraction of sp³-hybridized carbons (Fsp3) is 0.938. The number of unbranched alkanes of at least 4 members (excludes halogenated alkanes) is 8. The van der Waals surface area contributed by atoms with Gasteiger partial charge in [-0.15, -0.1) is 0 Å². The molecule has 0 radical (unpaired) electrons. The molecule has 0 aliphatic rings. The highest BCUT2D eigenvalue weighted by Gasteiger charge is 1.92. The molecule has 9 nitrogen and oxygen atoms in total. The predicted molar refractivity (Wildman–Crippen MR) is 96.9 cm³/mol. The molecule has 0 aliphatic heterocycles. The third-order valence-corrected chi connectivity index (χ3v) is 3.15. The van der Waals surface area contributed by atoms with E-state index in [4.69, 9.17) is 27.7 Å². The summed E-state index contributed by atoms with van der Waals surface area (Å²) in [5, 5.41) is 28.3. The van der Waals surface area contributed by atoms with E-state index >= 15 is 0 Å². The Kier molecular flexibility index (Phi) is 27.9. The van der Waals surface area contributed by atoms with Crippen molar-refractivity contribution < 1.29 is 43.0 Å². The first-order valence-corrected chi connectivity index (χ1v) is 10.5. The number of quaternary nitrogens is 1. The second kappa shape index (κ2) is 24.2. The number of aliphatic hydroxyl groups is 2. The number of aliphatic carboxylic acids is 1. The summed E-state index contributed by atoms with van der Waals surface area (Å²) in [5.41, 5.74) is 0. The molecule has 0 aromatic heterocycles. The van der Waals surface area contributed by atoms with Crippen LogP contribution >= 0.6 is 0 Å². The van der Waals surface area contributed by atoms with Crippen LogP contribution in [0.1, 0.15) is 71.1 Å². The van der Waals surface area contributed by atoms with Crippen LogP contribution in [-0.4, -0.2) is 60.0 Å². The molecule has 10 heteroatoms. The predicted octanol–water partition coefficient (Wildman–Crippen LogP) is -0.461. The van der Waals surface area contributed by atoms with Gasteiger partial charge < -0.3 is 25.4 Å². The SMILES string of the molecule is CCCCCCCCCCCC(=O)[O-].O=S(=O)(O)O.OCC[NH2+]CCO. The summed E-state index contributed by atoms with van der Waals surface area (Å²) in [5.74, 6) is -0.909. The molecule has 0 heterocycles. The number of aliphatic hydroxyl groups excluding tert-OH is 2. The van der Waals surface area contributed by atoms with Crippen LogP contribution in [0.15, 0.2) is 0 Å². The molecule has 26 heavy (non-hydrogen) atoms. The third-order valence-electron chi connectivity index (χ3n) is 3.15. The minimum Gasteiger partial charge on any atom is -0.550 e. The highest BCUT2D eigenvalue weighted by Crippen LogP contribution is 2.10. The van der Waals surface area contributed by atoms with Crippen LogP contribution in [0.4, 0.5) is 0 Å². The van der Waals surface area contributed by atoms with E-state index in [1.165, 1.54) is 44.9 Å². The molecule has 0 unspecified atom stereocenters. The van der Waals surface area contributed by atoms with Crippen LogP contribution in [0.5, 0.6) is 0 Å². The van der Waals surface area contributed by atoms with E-state index in [1.54, 1.807) is 0 Å². The number of carbonyl (C=O) groups is 1. The number of carboxylic acid groups (broad SMARTS) is 1. The first kappa shape index (κ1) is 30.0. The highest BCUT2D eigenvalue weighted by atomic mass is 32.3. The van der Waals surface area contributed by atoms with Gasteiger partial charge in [0.15, 0.2) is 0 Å². The van der Waals surface area contributed by atoms with Gasteiger partial charge in [0.1, 0.15) is 0 Å². The lowest BCUT2D eigenvalue weighted by atomic mass is 10.1. The Hall–Kier alpha value is -0.780. The van der Waals surface area contributed by atoms with Crippen LogP contribution in [0.25, 0.3) is 0 Å². The smallest absolute Gasteiger partial charge is 0.394 e. The first-order chi connectivity index (χ1) is 12.2. The molecule has 0 saturated heterocycles. The largest absolute Gasteiger partial charge is 0.550 e. The molecule has 0 spiro atoms. The zero-order chi connectivity index (χ0) is 20.7. The molecule has 0 aliphatic carbocycles. The monoisotopic (exact) mass is 403 g/mol. The molecule has 0 saturated carbocycles. The molecule has 0 aromatic rings. The van der Waals surface area contributed by atoms with E-state index < -0.39 is 16.4 Å². The minimum absolute atomic E-state index is 0.194. The average Bonchev–Trinajstić information content (AvgIpc) is 2.53. The van der Waals surface area contributed by atoms with Crippen LogP contribution < -0.4 is 10.4 Å². The van der Waals surface area contributed by atoms with E-state index in [9.17, 15) is 9.90 Å². The van der Waals surface area contributed by atoms with Gasteiger partial charge in [-0.05, 0) is 12.8 Å². The van der Waals surface area contributed by atoms with Crippen LogP contribution in [0.2, 0.25) is 0 Å². The second-order valence-corrected chi connectivity index (χ2v) is 6.61. The van der Waals surface area contributed by atoms with Crippen molar-refractivity contribution >= 4 is 16.4 Å². The maximum absolute atomic E-state index is 10.1. The fourth-order valence-corrected chi connectivity index (χ4v) is 1.91. The van der Waals surface area contributed by atoms with E-state index in [2.05, 4.69) is 6.92 Å². The maximum Gasteiger partial charge on any atom is 0.394 e. The van der Waals surface area contributed by atoms with Gasteiger partial charge in [-0.2, -0.15) is 8.42 Å². The van der Waals surface area contributed by atoms with Crippen molar-refractivity contribution in [3.05, 3.63) is 0 Å². The number of rotatable bonds is 14. The van der Waals surface area contributed by atoms with Gasteiger partial charge in [-0.1, -0.05) is 58.3 Å². The van der Waals surface area contributed by atoms with Crippen molar-refractivity contribution in [2.45, 2.75) is 71.1 Å². The Balaban J connectivity index is -0.000000366. The Morgan fingerprint density at radius 3 is 1.50 bits per heavy atom. The summed E-state index contributed by atoms with van der Waals surface area (Å²) in [6.45, 7) is 4.00. The van der Waals surface area contributed by atoms with Gasteiger partial charge in [0.05, 0.1) is 26.3 Å². The Morgan fingerprint density at radius 1 is 0.846 bits per heavy atom. The standard InChI is InChI=1S/C12H24O2.C4H11NO2.H2O4S/c1-2-3-4-5-6-7-8-9-10-11-12(13)14;6-3-1-5-2-4-7;1-5(2,3)4/h2-11H2,1H3,(H,13,14);5-7H,1-4H2;(H2,1,2,3,4). The van der Waals surface area contributed by atoms with Crippen molar-refractivity contribution in [1.82, 2.24) is 0 Å². The Morgan fingerprint density at radius 2 is 1.19 bits per heavy atom. The van der Waals surface area contributed by atoms with Gasteiger partial charge in [-0.3, -0.25) is 9.11 Å². The number of hydrogen-bond donors (Lipinski definition) is 5. The van der Waals surface area contributed by atoms with Crippen molar-refractivity contribution in [1.29, 1.82) is 0 Å². The first-order valence-electron chi connectivity index (χ1n) is 9.12. The highest BCUT2D eigenvalue weighted by molar-refractivity contribution is 7.79. The maximum atomic E-state index is 10.1. The summed E-state index contributed by atoms with van der Waals surface area (Å²) < 4.78 is 31.6. The van der Waals surface area contributed by atoms with E-state index in [1.807, 2.05) is 5.32 Å². The second-order valence-electron chi connectivity index (χ2n) is 5.71. The number of hydrogen-bond acceptors (Lipinski definition) is 6. The lowest BCUT2D eigenvalue weighted by Gasteiger charge is -2.02. The molecular weight excluding hydrogens is 366 g/mol. The summed E-state index contributed by atoms with van der Waals surface area (Å²) in [4.78, 5) is 10.1. The fourth-order valence-electron chi connectivity index (χ4n) is 1.91. The summed E-state index contributed by atoms with van der Waals surface area (Å²) in [6.07, 6.45) is 11.2. The lowest BCUT2D eigenvalue weighted by Crippen LogP contribution is -2.85. The molecule has 0 atom stereocenters. The van der Waals surface area contributed by atoms with Gasteiger partial charge >= 0.3 is 10.4 Å². The van der Waals surface area contributed by atoms with Gasteiger partial charge in [0.2, 0.25) is 0 Å². The van der Waals surface area contributed by atoms with Crippen LogP contribution in [0, 0.1) is 0 Å². The number of carboxylic acids is 1. The van der Waals surface area contributed by atoms with Crippen LogP contribution in [0.3, 0.4) is 0 Å². The molecule has 0 fully saturated rings. The van der Waals surface area contributed by atoms with E-state index in [0.717, 1.165) is 12.8 Å². The van der Waals surface area contributed by atoms with Crippen molar-refractivity contribution in [2.75, 3.05) is 26.3 Å². The quantitative estimate of drug-likeness (QED) is 0.191. The topological polar surface area (TPSA) is 172 Å². The molecule has 160 valence electrons. The van der Waals surface area contributed by atoms with Crippen molar-refractivity contribution in [3.63, 3.8) is 0 Å². The average molecular weight is 404 g/mol. The normalized spacial score (nSPS) is 10.3. The molecule has 0 bridgehead atoms. The van der Waals surface area contributed by atoms with Crippen molar-refractivity contribution in [3.8, 4) is 0 Å². The molecule has 0 rings (SSSR count). The molecule has 0 amide bonds. The van der Waals surface area contributed by atoms with Crippen molar-refractivity contribution in [2.24, 2.45) is 0 Å². The van der Waals surface area contributed by atoms with E-state index in [0.29, 0.717) is 13.1 Å². The number of nitrogens with two attached hydrogens (primary N) is 1. The molecule has 6 N–H and O–H groups in total. The van der Waals surface area contributed by atoms with Gasteiger partial charge in [0, 0.05) is 5.97 Å². The number of carbonyl (C=O) groups excluding carboxylic acids is 1. The van der Waals surface area contributed by atoms with E-state index in [-0.39, 0.29) is 19.6 Å². The lowest BCUT2D eigenvalue weighted by molar-refractivity contribution is -0.657. The van der Waals surface area contributed by atoms with Gasteiger partial charge in [0.25, 0.3) is 0 Å². The zero-order valence-electron chi connectivity index (χ0n) is 15.8.